The molecule has 0 saturated heterocycles. The van der Waals surface area contributed by atoms with Crippen LogP contribution in [0.2, 0.25) is 0 Å². The molecule has 0 fully saturated rings. The minimum Gasteiger partial charge on any atom is -0.461 e. The Hall–Kier alpha value is -1.68. The van der Waals surface area contributed by atoms with E-state index >= 15 is 0 Å². The molecule has 0 aliphatic heterocycles. The molecule has 1 N–H and O–H groups in total. The van der Waals surface area contributed by atoms with Crippen molar-refractivity contribution in [1.29, 1.82) is 0 Å². The van der Waals surface area contributed by atoms with E-state index in [0.29, 0.717) is 12.2 Å². The summed E-state index contributed by atoms with van der Waals surface area (Å²) in [5.74, 6) is -1.03. The quantitative estimate of drug-likeness (QED) is 0.891. The molecule has 2 aromatic rings. The Morgan fingerprint density at radius 2 is 2.00 bits per heavy atom. The molecule has 0 saturated carbocycles. The predicted molar refractivity (Wildman–Crippen MR) is 59.4 cm³/mol. The topological polar surface area (TPSA) is 33.4 Å². The molecular formula is C13H12F2O2. The first-order chi connectivity index (χ1) is 8.08. The van der Waals surface area contributed by atoms with E-state index in [-0.39, 0.29) is 11.3 Å². The first-order valence-corrected chi connectivity index (χ1v) is 5.29. The highest BCUT2D eigenvalue weighted by atomic mass is 19.2. The van der Waals surface area contributed by atoms with Crippen LogP contribution in [0.25, 0.3) is 11.3 Å². The van der Waals surface area contributed by atoms with Crippen LogP contribution >= 0.6 is 0 Å². The fourth-order valence-corrected chi connectivity index (χ4v) is 1.62. The number of aliphatic hydroxyl groups is 1. The number of rotatable bonds is 3. The van der Waals surface area contributed by atoms with Crippen molar-refractivity contribution in [1.82, 2.24) is 0 Å². The van der Waals surface area contributed by atoms with Gasteiger partial charge in [0, 0.05) is 6.42 Å². The molecule has 1 aromatic heterocycles. The zero-order chi connectivity index (χ0) is 12.4. The molecule has 0 radical (unpaired) electrons. The molecule has 0 bridgehead atoms. The summed E-state index contributed by atoms with van der Waals surface area (Å²) >= 11 is 0. The SMILES string of the molecule is CC(O)Cc1ccc(-c2cccc(F)c2F)o1. The Bertz CT molecular complexity index is 518. The Balaban J connectivity index is 2.34. The second-order valence-corrected chi connectivity index (χ2v) is 3.92. The number of hydrogen-bond donors (Lipinski definition) is 1. The third-order valence-electron chi connectivity index (χ3n) is 2.38. The monoisotopic (exact) mass is 238 g/mol. The molecule has 0 amide bonds. The second-order valence-electron chi connectivity index (χ2n) is 3.92. The van der Waals surface area contributed by atoms with Crippen LogP contribution in [0, 0.1) is 11.6 Å². The highest BCUT2D eigenvalue weighted by Crippen LogP contribution is 2.26. The molecule has 0 aliphatic rings. The van der Waals surface area contributed by atoms with Gasteiger partial charge in [-0.1, -0.05) is 6.07 Å². The molecule has 17 heavy (non-hydrogen) atoms. The summed E-state index contributed by atoms with van der Waals surface area (Å²) < 4.78 is 31.8. The van der Waals surface area contributed by atoms with E-state index in [1.807, 2.05) is 0 Å². The molecule has 1 heterocycles. The first kappa shape index (κ1) is 11.8. The number of aliphatic hydroxyl groups excluding tert-OH is 1. The van der Waals surface area contributed by atoms with Crippen LogP contribution in [0.4, 0.5) is 8.78 Å². The molecular weight excluding hydrogens is 226 g/mol. The van der Waals surface area contributed by atoms with Crippen LogP contribution in [-0.2, 0) is 6.42 Å². The van der Waals surface area contributed by atoms with Crippen molar-refractivity contribution in [3.8, 4) is 11.3 Å². The summed E-state index contributed by atoms with van der Waals surface area (Å²) in [6, 6.07) is 7.13. The van der Waals surface area contributed by atoms with E-state index < -0.39 is 17.7 Å². The van der Waals surface area contributed by atoms with Gasteiger partial charge in [0.25, 0.3) is 0 Å². The number of furan rings is 1. The van der Waals surface area contributed by atoms with Crippen LogP contribution in [0.5, 0.6) is 0 Å². The van der Waals surface area contributed by atoms with E-state index in [1.165, 1.54) is 12.1 Å². The number of halogens is 2. The van der Waals surface area contributed by atoms with Crippen molar-refractivity contribution in [3.63, 3.8) is 0 Å². The molecule has 90 valence electrons. The molecule has 1 atom stereocenters. The van der Waals surface area contributed by atoms with Gasteiger partial charge < -0.3 is 9.52 Å². The number of benzene rings is 1. The smallest absolute Gasteiger partial charge is 0.169 e. The molecule has 1 unspecified atom stereocenters. The van der Waals surface area contributed by atoms with Crippen molar-refractivity contribution in [2.75, 3.05) is 0 Å². The lowest BCUT2D eigenvalue weighted by Gasteiger charge is -2.01. The maximum atomic E-state index is 13.5. The second kappa shape index (κ2) is 4.67. The summed E-state index contributed by atoms with van der Waals surface area (Å²) in [4.78, 5) is 0. The van der Waals surface area contributed by atoms with Gasteiger partial charge in [0.15, 0.2) is 11.6 Å². The normalized spacial score (nSPS) is 12.7. The highest BCUT2D eigenvalue weighted by molar-refractivity contribution is 5.58. The zero-order valence-corrected chi connectivity index (χ0v) is 9.28. The lowest BCUT2D eigenvalue weighted by atomic mass is 10.1. The van der Waals surface area contributed by atoms with Gasteiger partial charge in [0.05, 0.1) is 11.7 Å². The summed E-state index contributed by atoms with van der Waals surface area (Å²) in [5.41, 5.74) is 0.0850. The van der Waals surface area contributed by atoms with Crippen LogP contribution in [-0.4, -0.2) is 11.2 Å². The molecule has 0 aliphatic carbocycles. The number of hydrogen-bond acceptors (Lipinski definition) is 2. The molecule has 1 aromatic carbocycles. The van der Waals surface area contributed by atoms with E-state index in [4.69, 9.17) is 4.42 Å². The van der Waals surface area contributed by atoms with Gasteiger partial charge in [0.2, 0.25) is 0 Å². The van der Waals surface area contributed by atoms with Crippen molar-refractivity contribution in [3.05, 3.63) is 47.7 Å². The Kier molecular flexibility index (Phi) is 3.24. The maximum absolute atomic E-state index is 13.5. The van der Waals surface area contributed by atoms with Crippen molar-refractivity contribution < 1.29 is 18.3 Å². The maximum Gasteiger partial charge on any atom is 0.169 e. The van der Waals surface area contributed by atoms with Crippen LogP contribution in [0.1, 0.15) is 12.7 Å². The zero-order valence-electron chi connectivity index (χ0n) is 9.28. The summed E-state index contributed by atoms with van der Waals surface area (Å²) in [5, 5.41) is 9.19. The fourth-order valence-electron chi connectivity index (χ4n) is 1.62. The lowest BCUT2D eigenvalue weighted by molar-refractivity contribution is 0.187. The van der Waals surface area contributed by atoms with Crippen LogP contribution in [0.3, 0.4) is 0 Å². The van der Waals surface area contributed by atoms with Gasteiger partial charge in [-0.2, -0.15) is 0 Å². The van der Waals surface area contributed by atoms with Crippen molar-refractivity contribution in [2.24, 2.45) is 0 Å². The third kappa shape index (κ3) is 2.53. The Labute approximate surface area is 97.5 Å². The van der Waals surface area contributed by atoms with Gasteiger partial charge in [-0.15, -0.1) is 0 Å². The first-order valence-electron chi connectivity index (χ1n) is 5.29. The van der Waals surface area contributed by atoms with E-state index in [9.17, 15) is 13.9 Å². The minimum atomic E-state index is -0.926. The fraction of sp³-hybridized carbons (Fsp3) is 0.231. The highest BCUT2D eigenvalue weighted by Gasteiger charge is 2.13. The van der Waals surface area contributed by atoms with Gasteiger partial charge in [-0.05, 0) is 31.2 Å². The standard InChI is InChI=1S/C13H12F2O2/c1-8(16)7-9-5-6-12(17-9)10-3-2-4-11(14)13(10)15/h2-6,8,16H,7H2,1H3. The van der Waals surface area contributed by atoms with Crippen molar-refractivity contribution >= 4 is 0 Å². The van der Waals surface area contributed by atoms with Gasteiger partial charge >= 0.3 is 0 Å². The van der Waals surface area contributed by atoms with Crippen LogP contribution < -0.4 is 0 Å². The van der Waals surface area contributed by atoms with E-state index in [1.54, 1.807) is 19.1 Å². The van der Waals surface area contributed by atoms with Gasteiger partial charge in [0.1, 0.15) is 11.5 Å². The summed E-state index contributed by atoms with van der Waals surface area (Å²) in [7, 11) is 0. The Morgan fingerprint density at radius 3 is 2.71 bits per heavy atom. The van der Waals surface area contributed by atoms with E-state index in [2.05, 4.69) is 0 Å². The van der Waals surface area contributed by atoms with Crippen LogP contribution in [0.15, 0.2) is 34.7 Å². The average Bonchev–Trinajstić information content (AvgIpc) is 2.69. The van der Waals surface area contributed by atoms with Gasteiger partial charge in [-0.25, -0.2) is 8.78 Å². The largest absolute Gasteiger partial charge is 0.461 e. The Morgan fingerprint density at radius 1 is 1.24 bits per heavy atom. The summed E-state index contributed by atoms with van der Waals surface area (Å²) in [6.45, 7) is 1.63. The van der Waals surface area contributed by atoms with Gasteiger partial charge in [-0.3, -0.25) is 0 Å². The molecule has 4 heteroatoms. The lowest BCUT2D eigenvalue weighted by Crippen LogP contribution is -2.02. The van der Waals surface area contributed by atoms with Crippen molar-refractivity contribution in [2.45, 2.75) is 19.4 Å². The molecule has 2 nitrogen and oxygen atoms in total. The molecule has 0 spiro atoms. The summed E-state index contributed by atoms with van der Waals surface area (Å²) in [6.07, 6.45) is -0.192. The molecule has 2 rings (SSSR count). The predicted octanol–water partition coefficient (Wildman–Crippen LogP) is 3.15. The third-order valence-corrected chi connectivity index (χ3v) is 2.38. The average molecular weight is 238 g/mol. The van der Waals surface area contributed by atoms with E-state index in [0.717, 1.165) is 6.07 Å². The minimum absolute atomic E-state index is 0.0850.